The number of hydrogen-bond donors (Lipinski definition) is 14. The Morgan fingerprint density at radius 3 is 1.21 bits per heavy atom. The molecular formula is C16H28N6O12. The molecule has 0 saturated carbocycles. The van der Waals surface area contributed by atoms with E-state index in [0.29, 0.717) is 0 Å². The largest absolute Gasteiger partial charge is 0.394 e. The standard InChI is InChI=1S/C16H28N6O12/c17-11-5(13(31)21-15(33)9(29)7(27)3(25)1-23)19-12(18)6(20-11)14(32)22-16(34)10(30)8(28)4(26)2-24/h3-4,7-10,15-16,23-30,33-34H,1-2H2,(H2,18,19)(H2,17,20)(H,21,31)(H,22,32). The van der Waals surface area contributed by atoms with Gasteiger partial charge >= 0.3 is 0 Å². The van der Waals surface area contributed by atoms with Crippen LogP contribution in [0.15, 0.2) is 0 Å². The number of rotatable bonds is 12. The van der Waals surface area contributed by atoms with E-state index in [1.54, 1.807) is 10.6 Å². The lowest BCUT2D eigenvalue weighted by atomic mass is 10.1. The molecule has 16 N–H and O–H groups in total. The molecule has 0 aliphatic heterocycles. The summed E-state index contributed by atoms with van der Waals surface area (Å²) in [6.07, 6.45) is -16.4. The van der Waals surface area contributed by atoms with Gasteiger partial charge in [-0.15, -0.1) is 0 Å². The Bertz CT molecular complexity index is 779. The number of nitrogens with zero attached hydrogens (tertiary/aromatic N) is 2. The van der Waals surface area contributed by atoms with Gasteiger partial charge in [0.15, 0.2) is 35.5 Å². The van der Waals surface area contributed by atoms with Gasteiger partial charge in [0.1, 0.15) is 36.6 Å². The third-order valence-electron chi connectivity index (χ3n) is 4.45. The topological polar surface area (TPSA) is 338 Å². The van der Waals surface area contributed by atoms with Crippen LogP contribution in [0.25, 0.3) is 0 Å². The minimum atomic E-state index is -2.17. The molecule has 0 fully saturated rings. The van der Waals surface area contributed by atoms with Crippen LogP contribution in [-0.2, 0) is 0 Å². The van der Waals surface area contributed by atoms with E-state index >= 15 is 0 Å². The van der Waals surface area contributed by atoms with E-state index in [1.165, 1.54) is 0 Å². The van der Waals surface area contributed by atoms with Crippen molar-refractivity contribution in [3.8, 4) is 0 Å². The Labute approximate surface area is 190 Å². The van der Waals surface area contributed by atoms with Crippen LogP contribution in [0.2, 0.25) is 0 Å². The summed E-state index contributed by atoms with van der Waals surface area (Å²) >= 11 is 0. The van der Waals surface area contributed by atoms with Crippen LogP contribution in [0, 0.1) is 0 Å². The Kier molecular flexibility index (Phi) is 10.9. The minimum absolute atomic E-state index is 0.722. The highest BCUT2D eigenvalue weighted by molar-refractivity contribution is 6.00. The molecule has 1 heterocycles. The fraction of sp³-hybridized carbons (Fsp3) is 0.625. The van der Waals surface area contributed by atoms with Crippen molar-refractivity contribution in [1.82, 2.24) is 20.6 Å². The average Bonchev–Trinajstić information content (AvgIpc) is 2.81. The van der Waals surface area contributed by atoms with Crippen LogP contribution >= 0.6 is 0 Å². The highest BCUT2D eigenvalue weighted by atomic mass is 16.4. The van der Waals surface area contributed by atoms with Crippen LogP contribution < -0.4 is 22.1 Å². The van der Waals surface area contributed by atoms with Crippen LogP contribution in [0.3, 0.4) is 0 Å². The number of aliphatic hydroxyl groups excluding tert-OH is 10. The van der Waals surface area contributed by atoms with E-state index in [1.807, 2.05) is 0 Å². The van der Waals surface area contributed by atoms with Crippen LogP contribution in [0.1, 0.15) is 21.0 Å². The van der Waals surface area contributed by atoms with Gasteiger partial charge in [0.25, 0.3) is 11.8 Å². The van der Waals surface area contributed by atoms with Crippen molar-refractivity contribution in [1.29, 1.82) is 0 Å². The predicted molar refractivity (Wildman–Crippen MR) is 108 cm³/mol. The number of nitrogen functional groups attached to an aromatic ring is 2. The van der Waals surface area contributed by atoms with E-state index < -0.39 is 97.1 Å². The predicted octanol–water partition coefficient (Wildman–Crippen LogP) is -8.11. The smallest absolute Gasteiger partial charge is 0.275 e. The summed E-state index contributed by atoms with van der Waals surface area (Å²) in [5, 5.41) is 97.7. The Morgan fingerprint density at radius 1 is 0.647 bits per heavy atom. The number of hydrogen-bond acceptors (Lipinski definition) is 16. The molecule has 2 amide bonds. The van der Waals surface area contributed by atoms with Gasteiger partial charge < -0.3 is 73.2 Å². The molecule has 194 valence electrons. The molecule has 0 aliphatic rings. The number of nitrogens with one attached hydrogen (secondary N) is 2. The SMILES string of the molecule is Nc1nc(C(=O)NC(O)C(O)C(O)C(O)CO)c(N)nc1C(=O)NC(O)C(O)C(O)C(O)CO. The first-order valence-corrected chi connectivity index (χ1v) is 9.47. The third kappa shape index (κ3) is 7.11. The zero-order valence-electron chi connectivity index (χ0n) is 17.4. The Morgan fingerprint density at radius 2 is 0.941 bits per heavy atom. The lowest BCUT2D eigenvalue weighted by Gasteiger charge is -2.26. The third-order valence-corrected chi connectivity index (χ3v) is 4.45. The second kappa shape index (κ2) is 12.6. The molecule has 0 radical (unpaired) electrons. The summed E-state index contributed by atoms with van der Waals surface area (Å²) in [5.41, 5.74) is 9.64. The maximum atomic E-state index is 12.3. The minimum Gasteiger partial charge on any atom is -0.394 e. The summed E-state index contributed by atoms with van der Waals surface area (Å²) in [6.45, 7) is -1.91. The number of aliphatic hydroxyl groups is 10. The van der Waals surface area contributed by atoms with Gasteiger partial charge in [0.05, 0.1) is 13.2 Å². The van der Waals surface area contributed by atoms with E-state index in [2.05, 4.69) is 9.97 Å². The molecule has 1 aromatic rings. The molecule has 0 bridgehead atoms. The zero-order valence-corrected chi connectivity index (χ0v) is 17.4. The van der Waals surface area contributed by atoms with Gasteiger partial charge in [0, 0.05) is 0 Å². The van der Waals surface area contributed by atoms with Gasteiger partial charge in [-0.1, -0.05) is 0 Å². The molecule has 18 nitrogen and oxygen atoms in total. The van der Waals surface area contributed by atoms with Gasteiger partial charge in [-0.2, -0.15) is 0 Å². The van der Waals surface area contributed by atoms with Gasteiger partial charge in [0.2, 0.25) is 0 Å². The lowest BCUT2D eigenvalue weighted by Crippen LogP contribution is -2.53. The van der Waals surface area contributed by atoms with E-state index in [-0.39, 0.29) is 0 Å². The zero-order chi connectivity index (χ0) is 26.3. The van der Waals surface area contributed by atoms with Gasteiger partial charge in [-0.25, -0.2) is 9.97 Å². The first-order valence-electron chi connectivity index (χ1n) is 9.47. The van der Waals surface area contributed by atoms with Crippen molar-refractivity contribution < 1.29 is 60.7 Å². The maximum Gasteiger partial charge on any atom is 0.275 e. The molecule has 8 atom stereocenters. The van der Waals surface area contributed by atoms with Crippen molar-refractivity contribution in [2.45, 2.75) is 49.1 Å². The lowest BCUT2D eigenvalue weighted by molar-refractivity contribution is -0.119. The van der Waals surface area contributed by atoms with E-state index in [9.17, 15) is 50.4 Å². The number of carbonyl (C=O) groups is 2. The highest BCUT2D eigenvalue weighted by Crippen LogP contribution is 2.15. The molecule has 0 aliphatic carbocycles. The monoisotopic (exact) mass is 496 g/mol. The first kappa shape index (κ1) is 29.3. The molecular weight excluding hydrogens is 468 g/mol. The molecule has 0 spiro atoms. The van der Waals surface area contributed by atoms with E-state index in [0.717, 1.165) is 0 Å². The van der Waals surface area contributed by atoms with Crippen molar-refractivity contribution in [2.75, 3.05) is 24.7 Å². The fourth-order valence-corrected chi connectivity index (χ4v) is 2.42. The number of nitrogens with two attached hydrogens (primary N) is 2. The van der Waals surface area contributed by atoms with Gasteiger partial charge in [-0.05, 0) is 0 Å². The molecule has 18 heteroatoms. The molecule has 1 aromatic heterocycles. The van der Waals surface area contributed by atoms with Crippen molar-refractivity contribution in [3.63, 3.8) is 0 Å². The normalized spacial score (nSPS) is 18.6. The quantitative estimate of drug-likeness (QED) is 0.119. The number of amides is 2. The van der Waals surface area contributed by atoms with Crippen LogP contribution in [0.5, 0.6) is 0 Å². The Balaban J connectivity index is 2.95. The number of carbonyl (C=O) groups excluding carboxylic acids is 2. The van der Waals surface area contributed by atoms with E-state index in [4.69, 9.17) is 21.7 Å². The number of anilines is 2. The van der Waals surface area contributed by atoms with Crippen LogP contribution in [-0.4, -0.2) is 135 Å². The summed E-state index contributed by atoms with van der Waals surface area (Å²) in [6, 6.07) is 0. The molecule has 0 saturated heterocycles. The second-order valence-electron chi connectivity index (χ2n) is 6.99. The summed E-state index contributed by atoms with van der Waals surface area (Å²) in [4.78, 5) is 31.6. The molecule has 1 rings (SSSR count). The number of aromatic nitrogens is 2. The first-order chi connectivity index (χ1) is 15.8. The maximum absolute atomic E-state index is 12.3. The Hall–Kier alpha value is -2.78. The van der Waals surface area contributed by atoms with Crippen molar-refractivity contribution >= 4 is 23.5 Å². The summed E-state index contributed by atoms with van der Waals surface area (Å²) < 4.78 is 0. The van der Waals surface area contributed by atoms with Crippen LogP contribution in [0.4, 0.5) is 11.6 Å². The highest BCUT2D eigenvalue weighted by Gasteiger charge is 2.33. The fourth-order valence-electron chi connectivity index (χ4n) is 2.42. The molecule has 34 heavy (non-hydrogen) atoms. The van der Waals surface area contributed by atoms with Crippen molar-refractivity contribution in [3.05, 3.63) is 11.4 Å². The second-order valence-corrected chi connectivity index (χ2v) is 6.99. The molecule has 8 unspecified atom stereocenters. The summed E-state index contributed by atoms with van der Waals surface area (Å²) in [5.74, 6) is -4.00. The van der Waals surface area contributed by atoms with Crippen molar-refractivity contribution in [2.24, 2.45) is 0 Å². The average molecular weight is 496 g/mol. The molecule has 0 aromatic carbocycles. The van der Waals surface area contributed by atoms with Gasteiger partial charge in [-0.3, -0.25) is 9.59 Å². The summed E-state index contributed by atoms with van der Waals surface area (Å²) in [7, 11) is 0.